The molecule has 0 saturated carbocycles. The van der Waals surface area contributed by atoms with Crippen molar-refractivity contribution in [3.63, 3.8) is 0 Å². The zero-order valence-corrected chi connectivity index (χ0v) is 10.6. The molecule has 0 fully saturated rings. The smallest absolute Gasteiger partial charge is 0.248 e. The summed E-state index contributed by atoms with van der Waals surface area (Å²) in [6.07, 6.45) is 0. The Morgan fingerprint density at radius 3 is 2.12 bits per heavy atom. The highest BCUT2D eigenvalue weighted by Gasteiger charge is 2.30. The van der Waals surface area contributed by atoms with E-state index in [0.29, 0.717) is 0 Å². The van der Waals surface area contributed by atoms with Crippen molar-refractivity contribution in [3.8, 4) is 0 Å². The summed E-state index contributed by atoms with van der Waals surface area (Å²) in [5.74, 6) is 0.198. The van der Waals surface area contributed by atoms with Crippen LogP contribution in [0.15, 0.2) is 9.42 Å². The van der Waals surface area contributed by atoms with E-state index in [2.05, 4.69) is 5.16 Å². The maximum atomic E-state index is 12.2. The van der Waals surface area contributed by atoms with E-state index in [9.17, 15) is 8.42 Å². The van der Waals surface area contributed by atoms with E-state index in [1.807, 2.05) is 0 Å². The molecule has 0 aliphatic heterocycles. The number of nitrogens with zero attached hydrogens (tertiary/aromatic N) is 2. The van der Waals surface area contributed by atoms with E-state index in [4.69, 9.17) is 14.7 Å². The monoisotopic (exact) mass is 264 g/mol. The summed E-state index contributed by atoms with van der Waals surface area (Å²) in [5.41, 5.74) is 0.267. The van der Waals surface area contributed by atoms with Crippen LogP contribution in [0.2, 0.25) is 0 Å². The van der Waals surface area contributed by atoms with Crippen LogP contribution in [-0.4, -0.2) is 54.4 Å². The van der Waals surface area contributed by atoms with Crippen molar-refractivity contribution in [2.24, 2.45) is 0 Å². The Balaban J connectivity index is 3.16. The van der Waals surface area contributed by atoms with Gasteiger partial charge in [0.15, 0.2) is 5.76 Å². The van der Waals surface area contributed by atoms with Gasteiger partial charge in [-0.3, -0.25) is 0 Å². The van der Waals surface area contributed by atoms with Crippen LogP contribution in [0.1, 0.15) is 11.5 Å². The Kier molecular flexibility index (Phi) is 4.63. The van der Waals surface area contributed by atoms with Gasteiger partial charge in [0, 0.05) is 13.1 Å². The molecular weight excluding hydrogens is 248 g/mol. The Hall–Kier alpha value is -0.960. The van der Waals surface area contributed by atoms with Crippen molar-refractivity contribution >= 4 is 10.0 Å². The van der Waals surface area contributed by atoms with Gasteiger partial charge in [-0.05, 0) is 13.8 Å². The zero-order valence-electron chi connectivity index (χ0n) is 9.75. The molecule has 1 heterocycles. The van der Waals surface area contributed by atoms with Gasteiger partial charge in [0.05, 0.1) is 13.2 Å². The van der Waals surface area contributed by atoms with Crippen LogP contribution in [0.5, 0.6) is 0 Å². The molecule has 1 aromatic heterocycles. The van der Waals surface area contributed by atoms with E-state index in [1.165, 1.54) is 13.8 Å². The lowest BCUT2D eigenvalue weighted by molar-refractivity contribution is 0.217. The average Bonchev–Trinajstić information content (AvgIpc) is 2.58. The van der Waals surface area contributed by atoms with Crippen molar-refractivity contribution in [2.45, 2.75) is 18.7 Å². The first kappa shape index (κ1) is 14.1. The third-order valence-electron chi connectivity index (χ3n) is 2.26. The number of aryl methyl sites for hydroxylation is 2. The summed E-state index contributed by atoms with van der Waals surface area (Å²) < 4.78 is 30.2. The molecule has 17 heavy (non-hydrogen) atoms. The van der Waals surface area contributed by atoms with Crippen LogP contribution in [0.25, 0.3) is 0 Å². The number of rotatable bonds is 6. The SMILES string of the molecule is Cc1noc(C)c1S(=O)(=O)N(CCO)CCO. The van der Waals surface area contributed by atoms with Gasteiger partial charge in [0.1, 0.15) is 10.6 Å². The minimum absolute atomic E-state index is 0.000556. The Bertz CT molecular complexity index is 442. The first-order valence-electron chi connectivity index (χ1n) is 5.10. The van der Waals surface area contributed by atoms with Gasteiger partial charge in [0.25, 0.3) is 0 Å². The summed E-state index contributed by atoms with van der Waals surface area (Å²) in [4.78, 5) is -0.000556. The zero-order chi connectivity index (χ0) is 13.1. The van der Waals surface area contributed by atoms with E-state index >= 15 is 0 Å². The fraction of sp³-hybridized carbons (Fsp3) is 0.667. The Morgan fingerprint density at radius 1 is 1.24 bits per heavy atom. The molecule has 0 aromatic carbocycles. The van der Waals surface area contributed by atoms with Gasteiger partial charge in [0.2, 0.25) is 10.0 Å². The standard InChI is InChI=1S/C9H16N2O5S/c1-7-9(8(2)16-10-7)17(14,15)11(3-5-12)4-6-13/h12-13H,3-6H2,1-2H3. The van der Waals surface area contributed by atoms with Gasteiger partial charge in [-0.15, -0.1) is 0 Å². The molecule has 0 unspecified atom stereocenters. The highest BCUT2D eigenvalue weighted by atomic mass is 32.2. The highest BCUT2D eigenvalue weighted by molar-refractivity contribution is 7.89. The lowest BCUT2D eigenvalue weighted by Crippen LogP contribution is -2.36. The van der Waals surface area contributed by atoms with Crippen LogP contribution in [0, 0.1) is 13.8 Å². The largest absolute Gasteiger partial charge is 0.395 e. The van der Waals surface area contributed by atoms with Crippen molar-refractivity contribution in [3.05, 3.63) is 11.5 Å². The number of aliphatic hydroxyl groups is 2. The maximum Gasteiger partial charge on any atom is 0.248 e. The fourth-order valence-corrected chi connectivity index (χ4v) is 3.26. The molecule has 0 aliphatic carbocycles. The average molecular weight is 264 g/mol. The molecule has 98 valence electrons. The Labute approximate surface area is 99.7 Å². The van der Waals surface area contributed by atoms with E-state index in [1.54, 1.807) is 0 Å². The van der Waals surface area contributed by atoms with Crippen LogP contribution < -0.4 is 0 Å². The molecule has 0 saturated heterocycles. The quantitative estimate of drug-likeness (QED) is 0.702. The second-order valence-electron chi connectivity index (χ2n) is 3.50. The molecule has 0 radical (unpaired) electrons. The summed E-state index contributed by atoms with van der Waals surface area (Å²) in [5, 5.41) is 21.3. The van der Waals surface area contributed by atoms with Crippen LogP contribution in [0.4, 0.5) is 0 Å². The normalized spacial score (nSPS) is 12.3. The lowest BCUT2D eigenvalue weighted by atomic mass is 10.4. The molecular formula is C9H16N2O5S. The molecule has 0 amide bonds. The minimum atomic E-state index is -3.79. The van der Waals surface area contributed by atoms with Crippen LogP contribution >= 0.6 is 0 Å². The van der Waals surface area contributed by atoms with Crippen molar-refractivity contribution in [2.75, 3.05) is 26.3 Å². The molecule has 8 heteroatoms. The molecule has 0 aliphatic rings. The predicted molar refractivity (Wildman–Crippen MR) is 58.9 cm³/mol. The minimum Gasteiger partial charge on any atom is -0.395 e. The van der Waals surface area contributed by atoms with Gasteiger partial charge < -0.3 is 14.7 Å². The molecule has 0 spiro atoms. The molecule has 0 atom stereocenters. The number of hydrogen-bond donors (Lipinski definition) is 2. The van der Waals surface area contributed by atoms with E-state index in [-0.39, 0.29) is 42.7 Å². The van der Waals surface area contributed by atoms with Gasteiger partial charge in [-0.1, -0.05) is 5.16 Å². The number of sulfonamides is 1. The van der Waals surface area contributed by atoms with Crippen LogP contribution in [-0.2, 0) is 10.0 Å². The molecule has 7 nitrogen and oxygen atoms in total. The van der Waals surface area contributed by atoms with E-state index < -0.39 is 10.0 Å². The first-order valence-corrected chi connectivity index (χ1v) is 6.54. The molecule has 1 aromatic rings. The summed E-state index contributed by atoms with van der Waals surface area (Å²) in [6.45, 7) is 2.24. The summed E-state index contributed by atoms with van der Waals surface area (Å²) in [7, 11) is -3.79. The van der Waals surface area contributed by atoms with Crippen molar-refractivity contribution < 1.29 is 23.2 Å². The number of hydrogen-bond acceptors (Lipinski definition) is 6. The first-order chi connectivity index (χ1) is 7.95. The summed E-state index contributed by atoms with van der Waals surface area (Å²) in [6, 6.07) is 0. The van der Waals surface area contributed by atoms with Gasteiger partial charge >= 0.3 is 0 Å². The summed E-state index contributed by atoms with van der Waals surface area (Å²) >= 11 is 0. The third-order valence-corrected chi connectivity index (χ3v) is 4.41. The highest BCUT2D eigenvalue weighted by Crippen LogP contribution is 2.22. The fourth-order valence-electron chi connectivity index (χ4n) is 1.55. The van der Waals surface area contributed by atoms with Gasteiger partial charge in [-0.2, -0.15) is 4.31 Å². The molecule has 1 rings (SSSR count). The topological polar surface area (TPSA) is 104 Å². The van der Waals surface area contributed by atoms with E-state index in [0.717, 1.165) is 4.31 Å². The van der Waals surface area contributed by atoms with Crippen molar-refractivity contribution in [1.82, 2.24) is 9.46 Å². The lowest BCUT2D eigenvalue weighted by Gasteiger charge is -2.19. The molecule has 0 bridgehead atoms. The maximum absolute atomic E-state index is 12.2. The second-order valence-corrected chi connectivity index (χ2v) is 5.38. The van der Waals surface area contributed by atoms with Crippen LogP contribution in [0.3, 0.4) is 0 Å². The third kappa shape index (κ3) is 2.83. The molecule has 2 N–H and O–H groups in total. The number of aliphatic hydroxyl groups excluding tert-OH is 2. The van der Waals surface area contributed by atoms with Crippen molar-refractivity contribution in [1.29, 1.82) is 0 Å². The number of aromatic nitrogens is 1. The second kappa shape index (κ2) is 5.58. The Morgan fingerprint density at radius 2 is 1.76 bits per heavy atom. The van der Waals surface area contributed by atoms with Gasteiger partial charge in [-0.25, -0.2) is 8.42 Å². The predicted octanol–water partition coefficient (Wildman–Crippen LogP) is -0.733.